The van der Waals surface area contributed by atoms with Gasteiger partial charge in [0.15, 0.2) is 45.5 Å². The smallest absolute Gasteiger partial charge is 0.330 e. The number of carbonyl (C=O) groups is 5. The largest absolute Gasteiger partial charge is 0.388 e. The van der Waals surface area contributed by atoms with Crippen LogP contribution in [-0.4, -0.2) is 385 Å². The van der Waals surface area contributed by atoms with Gasteiger partial charge in [-0.15, -0.1) is 65.9 Å². The van der Waals surface area contributed by atoms with E-state index in [-0.39, 0.29) is 136 Å². The number of aromatic nitrogens is 10. The molecule has 0 aromatic carbocycles. The van der Waals surface area contributed by atoms with Gasteiger partial charge in [0.1, 0.15) is 90.0 Å². The second-order valence-corrected chi connectivity index (χ2v) is 61.3. The maximum atomic E-state index is 12.4. The van der Waals surface area contributed by atoms with Crippen molar-refractivity contribution in [2.45, 2.75) is 222 Å². The highest BCUT2D eigenvalue weighted by molar-refractivity contribution is 7.73. The molecule has 137 heavy (non-hydrogen) atoms. The first kappa shape index (κ1) is 119. The minimum atomic E-state index is -1.33. The third-order valence-corrected chi connectivity index (χ3v) is 30.6. The number of aliphatic hydroxyl groups excluding tert-OH is 8. The molecule has 5 saturated heterocycles. The van der Waals surface area contributed by atoms with Gasteiger partial charge in [-0.1, -0.05) is 0 Å². The molecule has 18 N–H and O–H groups in total. The Bertz CT molecular complexity index is 5410. The molecule has 5 aliphatic heterocycles. The molecule has 10 rings (SSSR count). The third-order valence-electron chi connectivity index (χ3n) is 22.3. The van der Waals surface area contributed by atoms with Gasteiger partial charge in [-0.05, 0) is 201 Å². The number of ketones is 5. The third kappa shape index (κ3) is 37.4. The predicted molar refractivity (Wildman–Crippen MR) is 548 cm³/mol. The van der Waals surface area contributed by atoms with Crippen LogP contribution in [0.1, 0.15) is 126 Å². The van der Waals surface area contributed by atoms with Gasteiger partial charge in [-0.25, -0.2) is 9.59 Å². The zero-order valence-electron chi connectivity index (χ0n) is 81.1. The normalized spacial score (nSPS) is 25.5. The Labute approximate surface area is 811 Å². The number of aliphatic hydroxyl groups is 8. The lowest BCUT2D eigenvalue weighted by atomic mass is 10.1. The number of Topliss-reactive ketones (excluding diaryl/α,β-unsaturated/α-hetero) is 5. The lowest BCUT2D eigenvalue weighted by Gasteiger charge is -2.22. The van der Waals surface area contributed by atoms with Gasteiger partial charge in [0.25, 0.3) is 27.8 Å². The predicted octanol–water partition coefficient (Wildman–Crippen LogP) is 0.0846. The first-order chi connectivity index (χ1) is 63.5. The number of nitrogens with zero attached hydrogens (tertiary/aromatic N) is 5. The van der Waals surface area contributed by atoms with E-state index in [0.717, 1.165) is 35.4 Å². The molecule has 10 heterocycles. The van der Waals surface area contributed by atoms with E-state index in [1.807, 2.05) is 0 Å². The number of ether oxygens (including phenoxy) is 7. The number of aromatic amines is 5. The van der Waals surface area contributed by atoms with Crippen molar-refractivity contribution < 1.29 is 98.0 Å². The van der Waals surface area contributed by atoms with Crippen LogP contribution < -0.4 is 65.8 Å². The van der Waals surface area contributed by atoms with Crippen molar-refractivity contribution in [1.82, 2.24) is 74.3 Å². The summed E-state index contributed by atoms with van der Waals surface area (Å²) in [6, 6.07) is 0. The average molecular weight is 2080 g/mol. The van der Waals surface area contributed by atoms with Gasteiger partial charge in [0.05, 0.1) is 63.2 Å². The van der Waals surface area contributed by atoms with E-state index in [1.165, 1.54) is 87.3 Å². The molecule has 0 aliphatic carbocycles. The van der Waals surface area contributed by atoms with E-state index >= 15 is 0 Å². The van der Waals surface area contributed by atoms with Crippen LogP contribution in [0, 0.1) is 14.3 Å². The van der Waals surface area contributed by atoms with Gasteiger partial charge in [0, 0.05) is 106 Å². The summed E-state index contributed by atoms with van der Waals surface area (Å²) in [5.41, 5.74) is -1.97. The van der Waals surface area contributed by atoms with E-state index in [4.69, 9.17) is 69.8 Å². The molecule has 0 amide bonds. The van der Waals surface area contributed by atoms with Gasteiger partial charge < -0.3 is 101 Å². The Hall–Kier alpha value is -6.29. The van der Waals surface area contributed by atoms with Crippen molar-refractivity contribution in [2.24, 2.45) is 0 Å². The summed E-state index contributed by atoms with van der Waals surface area (Å²) in [6.07, 6.45) is 18.2. The summed E-state index contributed by atoms with van der Waals surface area (Å²) in [6.45, 7) is 23.2. The zero-order chi connectivity index (χ0) is 103. The van der Waals surface area contributed by atoms with E-state index in [0.29, 0.717) is 48.8 Å². The number of hydrogen-bond acceptors (Lipinski definition) is 35. The second kappa shape index (κ2) is 53.3. The highest BCUT2D eigenvalue weighted by Gasteiger charge is 2.50. The number of methoxy groups -OCH3 is 2. The van der Waals surface area contributed by atoms with Crippen LogP contribution in [0.15, 0.2) is 64.5 Å². The molecule has 0 unspecified atom stereocenters. The van der Waals surface area contributed by atoms with Crippen molar-refractivity contribution in [3.8, 4) is 0 Å². The molecule has 0 bridgehead atoms. The summed E-state index contributed by atoms with van der Waals surface area (Å²) < 4.78 is 47.6. The first-order valence-electron chi connectivity index (χ1n) is 44.4. The molecule has 772 valence electrons. The summed E-state index contributed by atoms with van der Waals surface area (Å²) >= 11 is 15.7. The molecular formula is C87H144N15O27P5S3. The molecule has 5 aromatic rings. The van der Waals surface area contributed by atoms with Crippen molar-refractivity contribution >= 4 is 131 Å². The van der Waals surface area contributed by atoms with E-state index in [2.05, 4.69) is 150 Å². The van der Waals surface area contributed by atoms with Crippen LogP contribution in [0.3, 0.4) is 0 Å². The van der Waals surface area contributed by atoms with Gasteiger partial charge in [-0.3, -0.25) is 95.7 Å². The van der Waals surface area contributed by atoms with Crippen LogP contribution in [-0.2, 0) is 89.9 Å². The maximum Gasteiger partial charge on any atom is 0.330 e. The minimum Gasteiger partial charge on any atom is -0.388 e. The molecule has 0 radical (unpaired) electrons. The fourth-order valence-corrected chi connectivity index (χ4v) is 20.4. The Morgan fingerprint density at radius 1 is 0.321 bits per heavy atom. The van der Waals surface area contributed by atoms with Crippen LogP contribution in [0.4, 0.5) is 0 Å². The lowest BCUT2D eigenvalue weighted by Crippen LogP contribution is -2.40. The Balaban J connectivity index is 0.000000263. The van der Waals surface area contributed by atoms with Crippen molar-refractivity contribution in [1.29, 1.82) is 0 Å². The Morgan fingerprint density at radius 3 is 0.723 bits per heavy atom. The van der Waals surface area contributed by atoms with Crippen LogP contribution in [0.2, 0.25) is 0 Å². The maximum absolute atomic E-state index is 12.4. The molecule has 0 saturated carbocycles. The highest BCUT2D eigenvalue weighted by atomic mass is 32.1. The summed E-state index contributed by atoms with van der Waals surface area (Å²) in [5, 5.41) is 97.8. The van der Waals surface area contributed by atoms with Crippen LogP contribution >= 0.6 is 71.1 Å². The minimum absolute atomic E-state index is 0.0232. The van der Waals surface area contributed by atoms with Crippen molar-refractivity contribution in [3.05, 3.63) is 146 Å². The lowest BCUT2D eigenvalue weighted by molar-refractivity contribution is -0.117. The number of carbonyl (C=O) groups excluding carboxylic acids is 5. The number of H-pyrrole nitrogens is 5. The molecule has 20 atom stereocenters. The number of rotatable bonds is 42. The van der Waals surface area contributed by atoms with Gasteiger partial charge in [-0.2, -0.15) is 0 Å². The average Bonchev–Trinajstić information content (AvgIpc) is 1.66. The summed E-state index contributed by atoms with van der Waals surface area (Å²) in [7, 11) is 2.95. The first-order valence-corrected chi connectivity index (χ1v) is 60.9. The van der Waals surface area contributed by atoms with Gasteiger partial charge >= 0.3 is 11.4 Å². The van der Waals surface area contributed by atoms with Gasteiger partial charge in [0.2, 0.25) is 0 Å². The van der Waals surface area contributed by atoms with Crippen LogP contribution in [0.5, 0.6) is 0 Å². The van der Waals surface area contributed by atoms with E-state index < -0.39 is 180 Å². The summed E-state index contributed by atoms with van der Waals surface area (Å²) in [4.78, 5) is 152. The molecule has 42 nitrogen and oxygen atoms in total. The molecule has 5 fully saturated rings. The Morgan fingerprint density at radius 2 is 0.504 bits per heavy atom. The zero-order valence-corrected chi connectivity index (χ0v) is 88.1. The molecule has 5 aromatic heterocycles. The molecule has 0 spiro atoms. The topological polar surface area (TPSA) is 595 Å². The van der Waals surface area contributed by atoms with E-state index in [1.54, 1.807) is 10.8 Å². The Kier molecular flexibility index (Phi) is 46.5. The quantitative estimate of drug-likeness (QED) is 0.0182. The SMILES string of the molecule is C=P(C)(C)CC[C@H]1O[C@@H](n2cc(CNCC(C)=O)c(=O)[nH]c2=O)[C@H](O)[C@@H]1O.C=P(C)(C)CC[C@H]1O[C@@H](n2cc(CNCC(C)=O)c(=O)[nH]c2=O)[C@H](OC)[C@@H]1O.C=P(C)(C)CC[C@H]1O[C@@H](n2cc(CNCC(C)=O)c(=O)[nH]c2=S)[C@H](O)[C@@H]1O.C=P(C)(C)CC[C@H]1O[C@@H](n2cc(CNCC(C)=O)c(=O)[nH]c2=S)[C@H](O)[C@@H]1O.C=P(C)(C)CC[C@H]1O[C@@H](n2cc(CNCC(C)=O)c(=O)[nH]c2=S)[C@H](OC)[C@@H]1O. The molecular weight excluding hydrogens is 1940 g/mol. The number of nitrogens with one attached hydrogen (secondary N) is 10. The highest BCUT2D eigenvalue weighted by Crippen LogP contribution is 2.45. The fourth-order valence-electron chi connectivity index (χ4n) is 14.9. The monoisotopic (exact) mass is 2080 g/mol. The number of hydrogen-bond donors (Lipinski definition) is 18. The van der Waals surface area contributed by atoms with Crippen molar-refractivity contribution in [3.63, 3.8) is 0 Å². The molecule has 50 heteroatoms. The van der Waals surface area contributed by atoms with Crippen LogP contribution in [0.25, 0.3) is 0 Å². The second-order valence-electron chi connectivity index (χ2n) is 38.5. The fraction of sp³-hybridized carbons (Fsp3) is 0.655. The standard InChI is InChI=1S/C18H30N3O6P.C18H30N3O5PS.C17H28N3O6P.2C17H28N3O5PS/c1-11(22)8-19-9-12-10-21(18(25)20-16(12)24)17-15(26-2)14(23)13(27-17)6-7-28(3,4)5;1-11(22)8-19-9-12-10-21(18(28)20-16(12)24)17-15(25-2)14(23)13(26-17)6-7-27(3,4)5;1-10(21)7-18-8-11-9-20(17(25)19-15(11)24)16-14(23)13(22)12(26-16)5-6-27(2,3)4;2*1-10(21)7-18-8-11-9-20(17(27)19-15(11)24)16-14(23)13(22)12(25-16)5-6-26(2,3)4/h10,13-15,17,19,23H,3,6-9H2,1-2,4-5H3,(H,20,24,25);10,13-15,17,19,23H,3,6-9H2,1-2,4-5H3,(H,20,24,28);9,12-14,16,18,22-23H,2,5-8H2,1,3-4H3,(H,19,24,25);2*9,12-14,16,18,22-23H,2,5-8H2,1,3-4H3,(H,19,24,27)/t2*13-,14-,15-,17-;3*12-,13-,14-,16-/m11111/s1. The van der Waals surface area contributed by atoms with Crippen molar-refractivity contribution in [2.75, 3.05) is 144 Å². The summed E-state index contributed by atoms with van der Waals surface area (Å²) in [5.74, 6) is -0.265. The molecule has 5 aliphatic rings. The van der Waals surface area contributed by atoms with E-state index in [9.17, 15) is 98.4 Å².